The van der Waals surface area contributed by atoms with Gasteiger partial charge in [0.25, 0.3) is 0 Å². The van der Waals surface area contributed by atoms with Crippen LogP contribution < -0.4 is 10.2 Å². The molecule has 6 rings (SSSR count). The summed E-state index contributed by atoms with van der Waals surface area (Å²) in [6.45, 7) is 1.01. The Morgan fingerprint density at radius 1 is 1.03 bits per heavy atom. The van der Waals surface area contributed by atoms with Crippen LogP contribution in [0.4, 0.5) is 5.69 Å². The zero-order valence-electron chi connectivity index (χ0n) is 19.5. The van der Waals surface area contributed by atoms with Crippen LogP contribution in [-0.4, -0.2) is 33.3 Å². The third-order valence-corrected chi connectivity index (χ3v) is 6.56. The number of hydrogen-bond acceptors (Lipinski definition) is 6. The number of benzene rings is 1. The van der Waals surface area contributed by atoms with E-state index in [0.717, 1.165) is 52.2 Å². The summed E-state index contributed by atoms with van der Waals surface area (Å²) < 4.78 is 5.19. The molecule has 0 radical (unpaired) electrons. The average Bonchev–Trinajstić information content (AvgIpc) is 3.68. The summed E-state index contributed by atoms with van der Waals surface area (Å²) in [6, 6.07) is 12.1. The van der Waals surface area contributed by atoms with E-state index in [1.54, 1.807) is 12.4 Å². The van der Waals surface area contributed by atoms with Crippen molar-refractivity contribution in [2.75, 3.05) is 11.4 Å². The van der Waals surface area contributed by atoms with Crippen LogP contribution in [0.15, 0.2) is 77.4 Å². The second-order valence-electron chi connectivity index (χ2n) is 8.83. The third kappa shape index (κ3) is 4.17. The summed E-state index contributed by atoms with van der Waals surface area (Å²) in [7, 11) is 0. The number of rotatable bonds is 6. The van der Waals surface area contributed by atoms with Gasteiger partial charge in [-0.05, 0) is 47.9 Å². The van der Waals surface area contributed by atoms with Crippen molar-refractivity contribution in [2.24, 2.45) is 0 Å². The highest BCUT2D eigenvalue weighted by atomic mass is 16.3. The van der Waals surface area contributed by atoms with Crippen LogP contribution >= 0.6 is 0 Å². The van der Waals surface area contributed by atoms with Crippen LogP contribution in [0.1, 0.15) is 30.0 Å². The molecule has 1 saturated heterocycles. The number of amides is 2. The molecule has 0 spiro atoms. The van der Waals surface area contributed by atoms with Gasteiger partial charge in [-0.1, -0.05) is 12.1 Å². The first-order valence-corrected chi connectivity index (χ1v) is 11.9. The van der Waals surface area contributed by atoms with Gasteiger partial charge in [0, 0.05) is 65.9 Å². The van der Waals surface area contributed by atoms with E-state index in [0.29, 0.717) is 24.3 Å². The Hall–Kier alpha value is -4.59. The van der Waals surface area contributed by atoms with E-state index in [9.17, 15) is 9.59 Å². The summed E-state index contributed by atoms with van der Waals surface area (Å²) in [5, 5.41) is 2.85. The Balaban J connectivity index is 1.25. The molecular weight excluding hydrogens is 454 g/mol. The second-order valence-corrected chi connectivity index (χ2v) is 8.83. The second kappa shape index (κ2) is 9.22. The average molecular weight is 478 g/mol. The SMILES string of the molecule is O=C(NCc1ncco1)C1=Cc2c(-c3cncc(-c4ccc(N5CCCC5=O)cc4)c3)ccnc2C1. The number of fused-ring (bicyclic) bond motifs is 1. The predicted octanol–water partition coefficient (Wildman–Crippen LogP) is 4.18. The minimum absolute atomic E-state index is 0.166. The summed E-state index contributed by atoms with van der Waals surface area (Å²) in [5.41, 5.74) is 7.28. The zero-order chi connectivity index (χ0) is 24.5. The van der Waals surface area contributed by atoms with E-state index in [2.05, 4.69) is 26.3 Å². The fraction of sp³-hybridized carbons (Fsp3) is 0.179. The van der Waals surface area contributed by atoms with Crippen molar-refractivity contribution in [2.45, 2.75) is 25.8 Å². The molecule has 4 aromatic rings. The van der Waals surface area contributed by atoms with E-state index < -0.39 is 0 Å². The number of anilines is 1. The van der Waals surface area contributed by atoms with Crippen LogP contribution in [0, 0.1) is 0 Å². The molecule has 8 nitrogen and oxygen atoms in total. The Morgan fingerprint density at radius 3 is 2.67 bits per heavy atom. The lowest BCUT2D eigenvalue weighted by atomic mass is 9.98. The highest BCUT2D eigenvalue weighted by molar-refractivity contribution is 6.01. The molecule has 2 amide bonds. The topological polar surface area (TPSA) is 101 Å². The minimum atomic E-state index is -0.166. The van der Waals surface area contributed by atoms with E-state index in [4.69, 9.17) is 4.42 Å². The first kappa shape index (κ1) is 21.9. The summed E-state index contributed by atoms with van der Waals surface area (Å²) in [4.78, 5) is 39.6. The van der Waals surface area contributed by atoms with Crippen LogP contribution in [-0.2, 0) is 22.6 Å². The largest absolute Gasteiger partial charge is 0.447 e. The molecule has 4 heterocycles. The van der Waals surface area contributed by atoms with E-state index in [1.807, 2.05) is 53.7 Å². The molecule has 1 fully saturated rings. The fourth-order valence-corrected chi connectivity index (χ4v) is 4.73. The van der Waals surface area contributed by atoms with Crippen molar-refractivity contribution in [3.05, 3.63) is 90.2 Å². The molecule has 8 heteroatoms. The van der Waals surface area contributed by atoms with Gasteiger partial charge >= 0.3 is 0 Å². The molecule has 0 saturated carbocycles. The van der Waals surface area contributed by atoms with Crippen molar-refractivity contribution in [3.8, 4) is 22.3 Å². The van der Waals surface area contributed by atoms with Gasteiger partial charge in [-0.2, -0.15) is 0 Å². The van der Waals surface area contributed by atoms with Crippen molar-refractivity contribution in [1.29, 1.82) is 0 Å². The maximum Gasteiger partial charge on any atom is 0.248 e. The number of nitrogens with zero attached hydrogens (tertiary/aromatic N) is 4. The lowest BCUT2D eigenvalue weighted by molar-refractivity contribution is -0.118. The third-order valence-electron chi connectivity index (χ3n) is 6.56. The highest BCUT2D eigenvalue weighted by Gasteiger charge is 2.23. The van der Waals surface area contributed by atoms with Gasteiger partial charge in [0.05, 0.1) is 18.4 Å². The summed E-state index contributed by atoms with van der Waals surface area (Å²) >= 11 is 0. The van der Waals surface area contributed by atoms with Gasteiger partial charge in [-0.3, -0.25) is 19.6 Å². The van der Waals surface area contributed by atoms with Crippen LogP contribution in [0.5, 0.6) is 0 Å². The quantitative estimate of drug-likeness (QED) is 0.447. The molecule has 36 heavy (non-hydrogen) atoms. The normalized spacial score (nSPS) is 14.6. The first-order valence-electron chi connectivity index (χ1n) is 11.9. The van der Waals surface area contributed by atoms with Crippen LogP contribution in [0.25, 0.3) is 28.3 Å². The lowest BCUT2D eigenvalue weighted by Gasteiger charge is -2.16. The van der Waals surface area contributed by atoms with Gasteiger partial charge in [0.15, 0.2) is 0 Å². The molecule has 178 valence electrons. The van der Waals surface area contributed by atoms with Gasteiger partial charge in [-0.25, -0.2) is 4.98 Å². The predicted molar refractivity (Wildman–Crippen MR) is 135 cm³/mol. The standard InChI is InChI=1S/C28H23N5O3/c34-27-2-1-10-33(27)22-5-3-18(4-6-22)20-12-21(16-29-15-20)23-7-8-30-25-14-19(13-24(23)25)28(35)32-17-26-31-9-11-36-26/h3-9,11-13,15-16H,1-2,10,14,17H2,(H,32,35). The Labute approximate surface area is 207 Å². The number of aromatic nitrogens is 3. The highest BCUT2D eigenvalue weighted by Crippen LogP contribution is 2.34. The number of oxazole rings is 1. The van der Waals surface area contributed by atoms with Gasteiger partial charge < -0.3 is 14.6 Å². The Bertz CT molecular complexity index is 1480. The van der Waals surface area contributed by atoms with Gasteiger partial charge in [0.2, 0.25) is 17.7 Å². The van der Waals surface area contributed by atoms with E-state index in [1.165, 1.54) is 6.26 Å². The first-order chi connectivity index (χ1) is 17.7. The number of carbonyl (C=O) groups excluding carboxylic acids is 2. The maximum atomic E-state index is 12.7. The summed E-state index contributed by atoms with van der Waals surface area (Å²) in [6.07, 6.45) is 12.3. The zero-order valence-corrected chi connectivity index (χ0v) is 19.5. The number of pyridine rings is 2. The molecule has 1 aliphatic heterocycles. The lowest BCUT2D eigenvalue weighted by Crippen LogP contribution is -2.24. The molecule has 0 unspecified atom stereocenters. The summed E-state index contributed by atoms with van der Waals surface area (Å²) in [5.74, 6) is 0.471. The molecule has 3 aromatic heterocycles. The van der Waals surface area contributed by atoms with Crippen molar-refractivity contribution in [1.82, 2.24) is 20.3 Å². The maximum absolute atomic E-state index is 12.7. The molecule has 0 atom stereocenters. The molecular formula is C28H23N5O3. The van der Waals surface area contributed by atoms with Crippen LogP contribution in [0.3, 0.4) is 0 Å². The van der Waals surface area contributed by atoms with Gasteiger partial charge in [-0.15, -0.1) is 0 Å². The molecule has 2 aliphatic rings. The van der Waals surface area contributed by atoms with Crippen molar-refractivity contribution >= 4 is 23.6 Å². The minimum Gasteiger partial charge on any atom is -0.447 e. The monoisotopic (exact) mass is 477 g/mol. The number of hydrogen-bond donors (Lipinski definition) is 1. The molecule has 1 aromatic carbocycles. The number of carbonyl (C=O) groups is 2. The molecule has 0 bridgehead atoms. The Morgan fingerprint density at radius 2 is 1.89 bits per heavy atom. The molecule has 1 aliphatic carbocycles. The number of nitrogens with one attached hydrogen (secondary N) is 1. The fourth-order valence-electron chi connectivity index (χ4n) is 4.73. The smallest absolute Gasteiger partial charge is 0.248 e. The van der Waals surface area contributed by atoms with Crippen molar-refractivity contribution < 1.29 is 14.0 Å². The van der Waals surface area contributed by atoms with E-state index >= 15 is 0 Å². The van der Waals surface area contributed by atoms with Crippen molar-refractivity contribution in [3.63, 3.8) is 0 Å². The van der Waals surface area contributed by atoms with Gasteiger partial charge in [0.1, 0.15) is 6.26 Å². The molecule has 1 N–H and O–H groups in total. The van der Waals surface area contributed by atoms with Crippen LogP contribution in [0.2, 0.25) is 0 Å². The van der Waals surface area contributed by atoms with E-state index in [-0.39, 0.29) is 18.4 Å². The Kier molecular flexibility index (Phi) is 5.61.